The Morgan fingerprint density at radius 2 is 1.88 bits per heavy atom. The van der Waals surface area contributed by atoms with Gasteiger partial charge in [-0.25, -0.2) is 0 Å². The molecule has 136 valence electrons. The summed E-state index contributed by atoms with van der Waals surface area (Å²) in [4.78, 5) is 15.5. The van der Waals surface area contributed by atoms with Crippen molar-refractivity contribution in [1.29, 1.82) is 0 Å². The number of halogens is 1. The summed E-state index contributed by atoms with van der Waals surface area (Å²) in [5.74, 6) is 0.407. The molecule has 0 amide bonds. The van der Waals surface area contributed by atoms with Crippen molar-refractivity contribution in [1.82, 2.24) is 5.32 Å². The second kappa shape index (κ2) is 15.2. The number of carbonyl (C=O) groups excluding carboxylic acids is 1. The zero-order chi connectivity index (χ0) is 16.8. The molecule has 24 heavy (non-hydrogen) atoms. The number of nitrogens with one attached hydrogen (secondary N) is 1. The van der Waals surface area contributed by atoms with E-state index in [9.17, 15) is 4.79 Å². The summed E-state index contributed by atoms with van der Waals surface area (Å²) in [5, 5.41) is 3.13. The van der Waals surface area contributed by atoms with Gasteiger partial charge >= 0.3 is 5.97 Å². The molecule has 0 bridgehead atoms. The van der Waals surface area contributed by atoms with Crippen LogP contribution in [0.2, 0.25) is 0 Å². The van der Waals surface area contributed by atoms with Crippen molar-refractivity contribution in [3.05, 3.63) is 35.9 Å². The summed E-state index contributed by atoms with van der Waals surface area (Å²) in [6, 6.07) is 10.3. The van der Waals surface area contributed by atoms with Crippen molar-refractivity contribution >= 4 is 35.9 Å². The average molecular weight is 447 g/mol. The third-order valence-electron chi connectivity index (χ3n) is 3.44. The molecule has 0 saturated carbocycles. The molecule has 1 aromatic rings. The largest absolute Gasteiger partial charge is 0.466 e. The molecule has 0 aliphatic heterocycles. The fourth-order valence-corrected chi connectivity index (χ4v) is 2.20. The molecule has 1 aromatic carbocycles. The average Bonchev–Trinajstić information content (AvgIpc) is 2.55. The van der Waals surface area contributed by atoms with Gasteiger partial charge < -0.3 is 15.8 Å². The van der Waals surface area contributed by atoms with Gasteiger partial charge in [0.05, 0.1) is 6.61 Å². The Bertz CT molecular complexity index is 467. The zero-order valence-electron chi connectivity index (χ0n) is 14.5. The molecular formula is C18H30IN3O2. The van der Waals surface area contributed by atoms with Crippen LogP contribution in [-0.2, 0) is 16.0 Å². The van der Waals surface area contributed by atoms with Gasteiger partial charge in [-0.05, 0) is 31.7 Å². The summed E-state index contributed by atoms with van der Waals surface area (Å²) in [6.45, 7) is 3.81. The fourth-order valence-electron chi connectivity index (χ4n) is 2.20. The Morgan fingerprint density at radius 3 is 2.58 bits per heavy atom. The molecule has 6 heteroatoms. The number of nitrogens with two attached hydrogens (primary N) is 1. The zero-order valence-corrected chi connectivity index (χ0v) is 16.8. The Kier molecular flexibility index (Phi) is 14.4. The predicted octanol–water partition coefficient (Wildman–Crippen LogP) is 3.27. The third kappa shape index (κ3) is 12.2. The van der Waals surface area contributed by atoms with E-state index in [0.29, 0.717) is 19.0 Å². The Hall–Kier alpha value is -1.31. The van der Waals surface area contributed by atoms with Crippen LogP contribution in [0.25, 0.3) is 0 Å². The molecule has 0 aromatic heterocycles. The van der Waals surface area contributed by atoms with Crippen molar-refractivity contribution in [2.45, 2.75) is 45.4 Å². The van der Waals surface area contributed by atoms with Crippen molar-refractivity contribution in [2.24, 2.45) is 10.7 Å². The Balaban J connectivity index is 0.00000529. The number of ether oxygens (including phenoxy) is 1. The summed E-state index contributed by atoms with van der Waals surface area (Å²) in [5.41, 5.74) is 7.12. The molecule has 0 fully saturated rings. The van der Waals surface area contributed by atoms with Crippen LogP contribution in [0, 0.1) is 0 Å². The van der Waals surface area contributed by atoms with Crippen LogP contribution in [0.3, 0.4) is 0 Å². The minimum atomic E-state index is -0.0996. The molecule has 5 nitrogen and oxygen atoms in total. The van der Waals surface area contributed by atoms with E-state index in [1.54, 1.807) is 0 Å². The van der Waals surface area contributed by atoms with Crippen LogP contribution in [0.5, 0.6) is 0 Å². The lowest BCUT2D eigenvalue weighted by molar-refractivity contribution is -0.143. The lowest BCUT2D eigenvalue weighted by Gasteiger charge is -2.06. The fraction of sp³-hybridized carbons (Fsp3) is 0.556. The second-order valence-electron chi connectivity index (χ2n) is 5.40. The second-order valence-corrected chi connectivity index (χ2v) is 5.40. The van der Waals surface area contributed by atoms with Crippen molar-refractivity contribution < 1.29 is 9.53 Å². The molecule has 0 aliphatic carbocycles. The summed E-state index contributed by atoms with van der Waals surface area (Å²) in [7, 11) is 0. The molecule has 0 heterocycles. The van der Waals surface area contributed by atoms with Gasteiger partial charge in [0.25, 0.3) is 0 Å². The molecule has 0 aliphatic rings. The first-order chi connectivity index (χ1) is 11.2. The number of esters is 1. The SMILES string of the molecule is CCOC(=O)CCCCCCN=C(N)NCCc1ccccc1.I. The Labute approximate surface area is 162 Å². The highest BCUT2D eigenvalue weighted by Crippen LogP contribution is 2.04. The van der Waals surface area contributed by atoms with Gasteiger partial charge in [-0.2, -0.15) is 0 Å². The maximum atomic E-state index is 11.2. The van der Waals surface area contributed by atoms with Crippen LogP contribution in [-0.4, -0.2) is 31.6 Å². The number of unbranched alkanes of at least 4 members (excludes halogenated alkanes) is 3. The number of benzene rings is 1. The lowest BCUT2D eigenvalue weighted by Crippen LogP contribution is -2.33. The molecule has 0 spiro atoms. The van der Waals surface area contributed by atoms with Gasteiger partial charge in [-0.1, -0.05) is 43.2 Å². The number of nitrogens with zero attached hydrogens (tertiary/aromatic N) is 1. The van der Waals surface area contributed by atoms with Gasteiger partial charge in [0.2, 0.25) is 0 Å². The number of hydrogen-bond acceptors (Lipinski definition) is 3. The van der Waals surface area contributed by atoms with Gasteiger partial charge in [-0.15, -0.1) is 24.0 Å². The highest BCUT2D eigenvalue weighted by atomic mass is 127. The van der Waals surface area contributed by atoms with Crippen molar-refractivity contribution in [2.75, 3.05) is 19.7 Å². The predicted molar refractivity (Wildman–Crippen MR) is 110 cm³/mol. The van der Waals surface area contributed by atoms with E-state index >= 15 is 0 Å². The molecule has 1 rings (SSSR count). The molecular weight excluding hydrogens is 417 g/mol. The normalized spacial score (nSPS) is 10.8. The smallest absolute Gasteiger partial charge is 0.305 e. The molecule has 0 saturated heterocycles. The lowest BCUT2D eigenvalue weighted by atomic mass is 10.1. The Morgan fingerprint density at radius 1 is 1.17 bits per heavy atom. The monoisotopic (exact) mass is 447 g/mol. The van der Waals surface area contributed by atoms with E-state index in [4.69, 9.17) is 10.5 Å². The molecule has 0 atom stereocenters. The summed E-state index contributed by atoms with van der Waals surface area (Å²) < 4.78 is 4.88. The summed E-state index contributed by atoms with van der Waals surface area (Å²) in [6.07, 6.45) is 5.40. The van der Waals surface area contributed by atoms with E-state index in [-0.39, 0.29) is 29.9 Å². The first kappa shape index (κ1) is 22.7. The number of carbonyl (C=O) groups is 1. The van der Waals surface area contributed by atoms with Crippen molar-refractivity contribution in [3.63, 3.8) is 0 Å². The highest BCUT2D eigenvalue weighted by molar-refractivity contribution is 14.0. The van der Waals surface area contributed by atoms with Crippen LogP contribution in [0.4, 0.5) is 0 Å². The minimum Gasteiger partial charge on any atom is -0.466 e. The van der Waals surface area contributed by atoms with Gasteiger partial charge in [0, 0.05) is 19.5 Å². The number of aliphatic imine (C=N–C) groups is 1. The maximum absolute atomic E-state index is 11.2. The van der Waals surface area contributed by atoms with E-state index in [0.717, 1.165) is 45.2 Å². The first-order valence-corrected chi connectivity index (χ1v) is 8.45. The topological polar surface area (TPSA) is 76.7 Å². The number of rotatable bonds is 11. The van der Waals surface area contributed by atoms with Gasteiger partial charge in [0.15, 0.2) is 5.96 Å². The van der Waals surface area contributed by atoms with E-state index in [1.807, 2.05) is 25.1 Å². The van der Waals surface area contributed by atoms with Crippen LogP contribution >= 0.6 is 24.0 Å². The third-order valence-corrected chi connectivity index (χ3v) is 3.44. The molecule has 3 N–H and O–H groups in total. The molecule has 0 unspecified atom stereocenters. The van der Waals surface area contributed by atoms with Gasteiger partial charge in [-0.3, -0.25) is 9.79 Å². The van der Waals surface area contributed by atoms with E-state index < -0.39 is 0 Å². The highest BCUT2D eigenvalue weighted by Gasteiger charge is 2.00. The van der Waals surface area contributed by atoms with E-state index in [1.165, 1.54) is 5.56 Å². The van der Waals surface area contributed by atoms with Crippen LogP contribution in [0.1, 0.15) is 44.6 Å². The van der Waals surface area contributed by atoms with Crippen LogP contribution < -0.4 is 11.1 Å². The van der Waals surface area contributed by atoms with Gasteiger partial charge in [0.1, 0.15) is 0 Å². The number of hydrogen-bond donors (Lipinski definition) is 2. The quantitative estimate of drug-likeness (QED) is 0.180. The standard InChI is InChI=1S/C18H29N3O2.HI/c1-2-23-17(22)12-8-3-4-9-14-20-18(19)21-15-13-16-10-6-5-7-11-16;/h5-7,10-11H,2-4,8-9,12-15H2,1H3,(H3,19,20,21);1H. The number of guanidine groups is 1. The van der Waals surface area contributed by atoms with Crippen LogP contribution in [0.15, 0.2) is 35.3 Å². The molecule has 0 radical (unpaired) electrons. The van der Waals surface area contributed by atoms with E-state index in [2.05, 4.69) is 22.4 Å². The summed E-state index contributed by atoms with van der Waals surface area (Å²) >= 11 is 0. The minimum absolute atomic E-state index is 0. The first-order valence-electron chi connectivity index (χ1n) is 8.45. The maximum Gasteiger partial charge on any atom is 0.305 e. The van der Waals surface area contributed by atoms with Crippen molar-refractivity contribution in [3.8, 4) is 0 Å².